The molecule has 2 N–H and O–H groups in total. The fraction of sp³-hybridized carbons (Fsp3) is 0.294. The van der Waals surface area contributed by atoms with Crippen molar-refractivity contribution in [3.05, 3.63) is 64.9 Å². The molecule has 0 aliphatic carbocycles. The first-order valence-corrected chi connectivity index (χ1v) is 7.82. The highest BCUT2D eigenvalue weighted by Crippen LogP contribution is 2.14. The molecule has 0 fully saturated rings. The van der Waals surface area contributed by atoms with Crippen molar-refractivity contribution in [2.24, 2.45) is 0 Å². The number of amides is 1. The Morgan fingerprint density at radius 1 is 1.26 bits per heavy atom. The molecule has 2 aromatic rings. The molecule has 0 bridgehead atoms. The van der Waals surface area contributed by atoms with Gasteiger partial charge in [0.1, 0.15) is 6.61 Å². The second-order valence-electron chi connectivity index (χ2n) is 5.06. The summed E-state index contributed by atoms with van der Waals surface area (Å²) in [6.45, 7) is 3.34. The predicted molar refractivity (Wildman–Crippen MR) is 90.3 cm³/mol. The maximum atomic E-state index is 11.6. The van der Waals surface area contributed by atoms with Crippen LogP contribution in [-0.4, -0.2) is 24.2 Å². The Balaban J connectivity index is 1.62. The third-order valence-electron chi connectivity index (χ3n) is 3.24. The summed E-state index contributed by atoms with van der Waals surface area (Å²) in [5, 5.41) is 6.62. The van der Waals surface area contributed by atoms with Gasteiger partial charge in [-0.2, -0.15) is 0 Å². The van der Waals surface area contributed by atoms with E-state index in [-0.39, 0.29) is 12.6 Å². The van der Waals surface area contributed by atoms with Gasteiger partial charge >= 0.3 is 6.09 Å². The van der Waals surface area contributed by atoms with E-state index in [1.54, 1.807) is 12.3 Å². The van der Waals surface area contributed by atoms with E-state index in [0.717, 1.165) is 11.3 Å². The van der Waals surface area contributed by atoms with E-state index in [4.69, 9.17) is 16.3 Å². The number of benzene rings is 1. The van der Waals surface area contributed by atoms with Crippen molar-refractivity contribution >= 4 is 17.7 Å². The van der Waals surface area contributed by atoms with Crippen LogP contribution < -0.4 is 10.6 Å². The normalized spacial score (nSPS) is 11.7. The van der Waals surface area contributed by atoms with Crippen LogP contribution in [0.2, 0.25) is 5.02 Å². The zero-order chi connectivity index (χ0) is 16.5. The molecule has 0 aliphatic heterocycles. The molecule has 2 rings (SSSR count). The van der Waals surface area contributed by atoms with Crippen molar-refractivity contribution in [1.82, 2.24) is 15.6 Å². The summed E-state index contributed by atoms with van der Waals surface area (Å²) < 4.78 is 5.13. The van der Waals surface area contributed by atoms with Crippen LogP contribution in [0.4, 0.5) is 4.79 Å². The Morgan fingerprint density at radius 3 is 2.78 bits per heavy atom. The molecule has 0 saturated carbocycles. The van der Waals surface area contributed by atoms with Crippen LogP contribution in [0, 0.1) is 0 Å². The second kappa shape index (κ2) is 9.12. The van der Waals surface area contributed by atoms with E-state index < -0.39 is 6.09 Å². The van der Waals surface area contributed by atoms with Crippen LogP contribution in [0.15, 0.2) is 48.7 Å². The maximum Gasteiger partial charge on any atom is 0.407 e. The molecular formula is C17H20ClN3O2. The van der Waals surface area contributed by atoms with Gasteiger partial charge in [-0.15, -0.1) is 0 Å². The molecule has 1 aromatic carbocycles. The van der Waals surface area contributed by atoms with E-state index in [1.807, 2.05) is 43.3 Å². The number of nitrogens with one attached hydrogen (secondary N) is 2. The number of carbonyl (C=O) groups excluding carboxylic acids is 1. The number of pyridine rings is 1. The standard InChI is InChI=1S/C17H20ClN3O2/c1-13(16-11-15(18)7-8-20-16)19-9-10-21-17(22)23-12-14-5-3-2-4-6-14/h2-8,11,13,19H,9-10,12H2,1H3,(H,21,22). The topological polar surface area (TPSA) is 63.2 Å². The smallest absolute Gasteiger partial charge is 0.407 e. The van der Waals surface area contributed by atoms with Crippen LogP contribution >= 0.6 is 11.6 Å². The molecule has 1 aromatic heterocycles. The molecule has 1 atom stereocenters. The van der Waals surface area contributed by atoms with Gasteiger partial charge in [0.2, 0.25) is 0 Å². The maximum absolute atomic E-state index is 11.6. The quantitative estimate of drug-likeness (QED) is 0.763. The molecule has 1 heterocycles. The van der Waals surface area contributed by atoms with Crippen molar-refractivity contribution in [3.63, 3.8) is 0 Å². The van der Waals surface area contributed by atoms with Gasteiger partial charge in [0, 0.05) is 30.4 Å². The summed E-state index contributed by atoms with van der Waals surface area (Å²) in [5.74, 6) is 0. The Bertz CT molecular complexity index is 622. The van der Waals surface area contributed by atoms with E-state index in [0.29, 0.717) is 18.1 Å². The van der Waals surface area contributed by atoms with Crippen LogP contribution in [-0.2, 0) is 11.3 Å². The molecule has 0 aliphatic rings. The molecule has 23 heavy (non-hydrogen) atoms. The van der Waals surface area contributed by atoms with E-state index in [1.165, 1.54) is 0 Å². The number of rotatable bonds is 7. The first-order valence-electron chi connectivity index (χ1n) is 7.44. The van der Waals surface area contributed by atoms with Gasteiger partial charge in [-0.05, 0) is 24.6 Å². The minimum Gasteiger partial charge on any atom is -0.445 e. The molecular weight excluding hydrogens is 314 g/mol. The summed E-state index contributed by atoms with van der Waals surface area (Å²) >= 11 is 5.94. The zero-order valence-corrected chi connectivity index (χ0v) is 13.7. The Hall–Kier alpha value is -2.11. The monoisotopic (exact) mass is 333 g/mol. The fourth-order valence-electron chi connectivity index (χ4n) is 1.99. The largest absolute Gasteiger partial charge is 0.445 e. The Kier molecular flexibility index (Phi) is 6.84. The van der Waals surface area contributed by atoms with Gasteiger partial charge in [0.05, 0.1) is 5.69 Å². The Labute approximate surface area is 141 Å². The first-order chi connectivity index (χ1) is 11.1. The van der Waals surface area contributed by atoms with Crippen LogP contribution in [0.25, 0.3) is 0 Å². The van der Waals surface area contributed by atoms with Crippen LogP contribution in [0.5, 0.6) is 0 Å². The van der Waals surface area contributed by atoms with Gasteiger partial charge in [-0.1, -0.05) is 41.9 Å². The van der Waals surface area contributed by atoms with E-state index in [9.17, 15) is 4.79 Å². The highest BCUT2D eigenvalue weighted by molar-refractivity contribution is 6.30. The average molecular weight is 334 g/mol. The van der Waals surface area contributed by atoms with Gasteiger partial charge in [0.25, 0.3) is 0 Å². The average Bonchev–Trinajstić information content (AvgIpc) is 2.57. The van der Waals surface area contributed by atoms with Gasteiger partial charge in [-0.25, -0.2) is 4.79 Å². The number of nitrogens with zero attached hydrogens (tertiary/aromatic N) is 1. The number of alkyl carbamates (subject to hydrolysis) is 1. The Morgan fingerprint density at radius 2 is 2.04 bits per heavy atom. The first kappa shape index (κ1) is 17.2. The van der Waals surface area contributed by atoms with E-state index >= 15 is 0 Å². The molecule has 1 unspecified atom stereocenters. The second-order valence-corrected chi connectivity index (χ2v) is 5.50. The summed E-state index contributed by atoms with van der Waals surface area (Å²) in [5.41, 5.74) is 1.82. The summed E-state index contributed by atoms with van der Waals surface area (Å²) in [4.78, 5) is 15.8. The lowest BCUT2D eigenvalue weighted by Gasteiger charge is -2.14. The van der Waals surface area contributed by atoms with E-state index in [2.05, 4.69) is 15.6 Å². The molecule has 0 radical (unpaired) electrons. The van der Waals surface area contributed by atoms with Crippen molar-refractivity contribution in [2.45, 2.75) is 19.6 Å². The van der Waals surface area contributed by atoms with Gasteiger partial charge < -0.3 is 15.4 Å². The van der Waals surface area contributed by atoms with Crippen molar-refractivity contribution < 1.29 is 9.53 Å². The number of carbonyl (C=O) groups is 1. The molecule has 5 nitrogen and oxygen atoms in total. The lowest BCUT2D eigenvalue weighted by molar-refractivity contribution is 0.139. The number of halogens is 1. The van der Waals surface area contributed by atoms with Crippen molar-refractivity contribution in [1.29, 1.82) is 0 Å². The number of ether oxygens (including phenoxy) is 1. The minimum atomic E-state index is -0.427. The highest BCUT2D eigenvalue weighted by atomic mass is 35.5. The summed E-state index contributed by atoms with van der Waals surface area (Å²) in [6, 6.07) is 13.2. The molecule has 0 saturated heterocycles. The van der Waals surface area contributed by atoms with Crippen molar-refractivity contribution in [2.75, 3.05) is 13.1 Å². The van der Waals surface area contributed by atoms with Gasteiger partial charge in [0.15, 0.2) is 0 Å². The third-order valence-corrected chi connectivity index (χ3v) is 3.48. The lowest BCUT2D eigenvalue weighted by atomic mass is 10.2. The molecule has 1 amide bonds. The van der Waals surface area contributed by atoms with Crippen LogP contribution in [0.1, 0.15) is 24.2 Å². The third kappa shape index (κ3) is 6.26. The minimum absolute atomic E-state index is 0.0517. The zero-order valence-electron chi connectivity index (χ0n) is 13.0. The number of aromatic nitrogens is 1. The highest BCUT2D eigenvalue weighted by Gasteiger charge is 2.07. The van der Waals surface area contributed by atoms with Gasteiger partial charge in [-0.3, -0.25) is 4.98 Å². The molecule has 122 valence electrons. The number of hydrogen-bond acceptors (Lipinski definition) is 4. The van der Waals surface area contributed by atoms with Crippen molar-refractivity contribution in [3.8, 4) is 0 Å². The summed E-state index contributed by atoms with van der Waals surface area (Å²) in [7, 11) is 0. The fourth-order valence-corrected chi connectivity index (χ4v) is 2.16. The lowest BCUT2D eigenvalue weighted by Crippen LogP contribution is -2.33. The van der Waals surface area contributed by atoms with Crippen LogP contribution in [0.3, 0.4) is 0 Å². The molecule has 0 spiro atoms. The predicted octanol–water partition coefficient (Wildman–Crippen LogP) is 3.31. The summed E-state index contributed by atoms with van der Waals surface area (Å²) in [6.07, 6.45) is 1.25. The SMILES string of the molecule is CC(NCCNC(=O)OCc1ccccc1)c1cc(Cl)ccn1. The number of hydrogen-bond donors (Lipinski definition) is 2. The molecule has 6 heteroatoms.